The summed E-state index contributed by atoms with van der Waals surface area (Å²) in [7, 11) is 2.10. The molecule has 0 saturated carbocycles. The molecular formula is C16H14BrN. The number of fused-ring (bicyclic) bond motifs is 1. The van der Waals surface area contributed by atoms with Gasteiger partial charge in [0.05, 0.1) is 0 Å². The van der Waals surface area contributed by atoms with E-state index in [2.05, 4.69) is 82.3 Å². The molecule has 0 fully saturated rings. The van der Waals surface area contributed by atoms with Gasteiger partial charge in [0.1, 0.15) is 0 Å². The average Bonchev–Trinajstić information content (AvgIpc) is 2.70. The molecule has 1 nitrogen and oxygen atoms in total. The van der Waals surface area contributed by atoms with Crippen molar-refractivity contribution in [1.82, 2.24) is 4.57 Å². The first-order chi connectivity index (χ1) is 8.74. The molecule has 0 unspecified atom stereocenters. The molecule has 18 heavy (non-hydrogen) atoms. The second-order valence-corrected chi connectivity index (χ2v) is 5.50. The average molecular weight is 300 g/mol. The van der Waals surface area contributed by atoms with E-state index in [-0.39, 0.29) is 0 Å². The van der Waals surface area contributed by atoms with E-state index in [1.54, 1.807) is 0 Å². The van der Waals surface area contributed by atoms with E-state index in [1.165, 1.54) is 22.0 Å². The number of hydrogen-bond acceptors (Lipinski definition) is 0. The Morgan fingerprint density at radius 2 is 1.72 bits per heavy atom. The molecule has 1 aromatic heterocycles. The molecule has 3 rings (SSSR count). The standard InChI is InChI=1S/C16H14BrN/c1-18-11-13(15-4-2-3-5-16(15)18)10-12-6-8-14(17)9-7-12/h2-9,11H,10H2,1H3. The first-order valence-electron chi connectivity index (χ1n) is 6.01. The molecule has 0 spiro atoms. The number of para-hydroxylation sites is 1. The summed E-state index contributed by atoms with van der Waals surface area (Å²) in [5.74, 6) is 0. The van der Waals surface area contributed by atoms with Gasteiger partial charge in [0.15, 0.2) is 0 Å². The molecule has 0 radical (unpaired) electrons. The van der Waals surface area contributed by atoms with Crippen molar-refractivity contribution in [3.8, 4) is 0 Å². The number of benzene rings is 2. The van der Waals surface area contributed by atoms with Gasteiger partial charge in [-0.15, -0.1) is 0 Å². The molecule has 0 N–H and O–H groups in total. The van der Waals surface area contributed by atoms with E-state index in [9.17, 15) is 0 Å². The first-order valence-corrected chi connectivity index (χ1v) is 6.81. The molecule has 90 valence electrons. The number of aromatic nitrogens is 1. The van der Waals surface area contributed by atoms with Crippen LogP contribution >= 0.6 is 15.9 Å². The lowest BCUT2D eigenvalue weighted by Crippen LogP contribution is -1.86. The van der Waals surface area contributed by atoms with Gasteiger partial charge in [0, 0.05) is 28.6 Å². The highest BCUT2D eigenvalue weighted by Gasteiger charge is 2.06. The van der Waals surface area contributed by atoms with E-state index in [0.29, 0.717) is 0 Å². The Morgan fingerprint density at radius 1 is 1.00 bits per heavy atom. The van der Waals surface area contributed by atoms with Gasteiger partial charge in [0.2, 0.25) is 0 Å². The van der Waals surface area contributed by atoms with E-state index in [4.69, 9.17) is 0 Å². The van der Waals surface area contributed by atoms with E-state index in [0.717, 1.165) is 10.9 Å². The van der Waals surface area contributed by atoms with Crippen LogP contribution in [0.5, 0.6) is 0 Å². The SMILES string of the molecule is Cn1cc(Cc2ccc(Br)cc2)c2ccccc21. The molecule has 2 aromatic carbocycles. The van der Waals surface area contributed by atoms with Crippen LogP contribution in [-0.2, 0) is 13.5 Å². The van der Waals surface area contributed by atoms with Gasteiger partial charge in [-0.25, -0.2) is 0 Å². The van der Waals surface area contributed by atoms with Crippen molar-refractivity contribution in [3.05, 3.63) is 70.3 Å². The Morgan fingerprint density at radius 3 is 2.50 bits per heavy atom. The summed E-state index contributed by atoms with van der Waals surface area (Å²) in [6.07, 6.45) is 3.21. The smallest absolute Gasteiger partial charge is 0.0480 e. The van der Waals surface area contributed by atoms with Crippen LogP contribution in [0.4, 0.5) is 0 Å². The van der Waals surface area contributed by atoms with Gasteiger partial charge in [-0.3, -0.25) is 0 Å². The molecule has 2 heteroatoms. The predicted octanol–water partition coefficient (Wildman–Crippen LogP) is 4.53. The van der Waals surface area contributed by atoms with Gasteiger partial charge >= 0.3 is 0 Å². The lowest BCUT2D eigenvalue weighted by Gasteiger charge is -2.00. The van der Waals surface area contributed by atoms with Gasteiger partial charge in [0.25, 0.3) is 0 Å². The van der Waals surface area contributed by atoms with Crippen LogP contribution in [0.2, 0.25) is 0 Å². The lowest BCUT2D eigenvalue weighted by atomic mass is 10.0. The number of rotatable bonds is 2. The Hall–Kier alpha value is -1.54. The maximum Gasteiger partial charge on any atom is 0.0480 e. The minimum atomic E-state index is 0.981. The van der Waals surface area contributed by atoms with Crippen LogP contribution in [0.3, 0.4) is 0 Å². The molecule has 0 bridgehead atoms. The molecule has 0 amide bonds. The summed E-state index contributed by atoms with van der Waals surface area (Å²) >= 11 is 3.47. The third-order valence-electron chi connectivity index (χ3n) is 3.29. The highest BCUT2D eigenvalue weighted by Crippen LogP contribution is 2.23. The Balaban J connectivity index is 2.02. The fraction of sp³-hybridized carbons (Fsp3) is 0.125. The normalized spacial score (nSPS) is 11.0. The van der Waals surface area contributed by atoms with Crippen LogP contribution in [0, 0.1) is 0 Å². The number of halogens is 1. The second kappa shape index (κ2) is 4.62. The van der Waals surface area contributed by atoms with E-state index >= 15 is 0 Å². The monoisotopic (exact) mass is 299 g/mol. The maximum atomic E-state index is 3.47. The van der Waals surface area contributed by atoms with Crippen LogP contribution < -0.4 is 0 Å². The van der Waals surface area contributed by atoms with Crippen molar-refractivity contribution >= 4 is 26.8 Å². The Bertz CT molecular complexity index is 680. The topological polar surface area (TPSA) is 4.93 Å². The van der Waals surface area contributed by atoms with Gasteiger partial charge in [-0.2, -0.15) is 0 Å². The van der Waals surface area contributed by atoms with Crippen LogP contribution in [-0.4, -0.2) is 4.57 Å². The van der Waals surface area contributed by atoms with Crippen LogP contribution in [0.1, 0.15) is 11.1 Å². The lowest BCUT2D eigenvalue weighted by molar-refractivity contribution is 0.958. The summed E-state index contributed by atoms with van der Waals surface area (Å²) in [5.41, 5.74) is 4.02. The minimum absolute atomic E-state index is 0.981. The van der Waals surface area contributed by atoms with E-state index in [1.807, 2.05) is 0 Å². The van der Waals surface area contributed by atoms with Crippen LogP contribution in [0.25, 0.3) is 10.9 Å². The summed E-state index contributed by atoms with van der Waals surface area (Å²) in [6, 6.07) is 17.1. The zero-order valence-electron chi connectivity index (χ0n) is 10.2. The van der Waals surface area contributed by atoms with Crippen molar-refractivity contribution in [1.29, 1.82) is 0 Å². The van der Waals surface area contributed by atoms with Crippen molar-refractivity contribution in [2.45, 2.75) is 6.42 Å². The summed E-state index contributed by atoms with van der Waals surface area (Å²) < 4.78 is 3.33. The molecule has 3 aromatic rings. The van der Waals surface area contributed by atoms with Gasteiger partial charge < -0.3 is 4.57 Å². The summed E-state index contributed by atoms with van der Waals surface area (Å²) in [5, 5.41) is 1.35. The zero-order valence-corrected chi connectivity index (χ0v) is 11.8. The second-order valence-electron chi connectivity index (χ2n) is 4.59. The molecule has 1 heterocycles. The van der Waals surface area contributed by atoms with Crippen molar-refractivity contribution in [2.75, 3.05) is 0 Å². The minimum Gasteiger partial charge on any atom is -0.350 e. The molecular weight excluding hydrogens is 286 g/mol. The maximum absolute atomic E-state index is 3.47. The van der Waals surface area contributed by atoms with Crippen molar-refractivity contribution < 1.29 is 0 Å². The molecule has 0 aliphatic carbocycles. The fourth-order valence-corrected chi connectivity index (χ4v) is 2.65. The quantitative estimate of drug-likeness (QED) is 0.655. The Kier molecular flexibility index (Phi) is 2.96. The molecule has 0 aliphatic heterocycles. The zero-order chi connectivity index (χ0) is 12.5. The van der Waals surface area contributed by atoms with Crippen molar-refractivity contribution in [3.63, 3.8) is 0 Å². The fourth-order valence-electron chi connectivity index (χ4n) is 2.39. The highest BCUT2D eigenvalue weighted by atomic mass is 79.9. The van der Waals surface area contributed by atoms with Gasteiger partial charge in [-0.1, -0.05) is 46.3 Å². The number of nitrogens with zero attached hydrogens (tertiary/aromatic N) is 1. The Labute approximate surface area is 115 Å². The highest BCUT2D eigenvalue weighted by molar-refractivity contribution is 9.10. The first kappa shape index (κ1) is 11.5. The number of aryl methyl sites for hydroxylation is 1. The largest absolute Gasteiger partial charge is 0.350 e. The van der Waals surface area contributed by atoms with Gasteiger partial charge in [-0.05, 0) is 35.7 Å². The third-order valence-corrected chi connectivity index (χ3v) is 3.82. The predicted molar refractivity (Wildman–Crippen MR) is 79.9 cm³/mol. The molecule has 0 atom stereocenters. The summed E-state index contributed by atoms with van der Waals surface area (Å²) in [6.45, 7) is 0. The summed E-state index contributed by atoms with van der Waals surface area (Å²) in [4.78, 5) is 0. The van der Waals surface area contributed by atoms with E-state index < -0.39 is 0 Å². The number of hydrogen-bond donors (Lipinski definition) is 0. The molecule has 0 aliphatic rings. The third kappa shape index (κ3) is 2.08. The molecule has 0 saturated heterocycles. The van der Waals surface area contributed by atoms with Crippen LogP contribution in [0.15, 0.2) is 59.2 Å². The van der Waals surface area contributed by atoms with Crippen molar-refractivity contribution in [2.24, 2.45) is 7.05 Å².